The molecule has 1 aromatic heterocycles. The van der Waals surface area contributed by atoms with Gasteiger partial charge in [-0.3, -0.25) is 4.79 Å². The van der Waals surface area contributed by atoms with Crippen molar-refractivity contribution in [2.45, 2.75) is 44.1 Å². The summed E-state index contributed by atoms with van der Waals surface area (Å²) in [6.07, 6.45) is 5.71. The zero-order chi connectivity index (χ0) is 20.3. The van der Waals surface area contributed by atoms with Gasteiger partial charge in [0.15, 0.2) is 11.7 Å². The molecule has 0 saturated heterocycles. The number of hydrogen-bond acceptors (Lipinski definition) is 3. The first-order chi connectivity index (χ1) is 14.1. The van der Waals surface area contributed by atoms with E-state index >= 15 is 0 Å². The summed E-state index contributed by atoms with van der Waals surface area (Å²) in [5, 5.41) is 3.16. The highest BCUT2D eigenvalue weighted by Gasteiger charge is 2.36. The number of aromatic nitrogens is 1. The van der Waals surface area contributed by atoms with Crippen LogP contribution in [0.3, 0.4) is 0 Å². The summed E-state index contributed by atoms with van der Waals surface area (Å²) in [6.45, 7) is 0. The van der Waals surface area contributed by atoms with Gasteiger partial charge in [-0.15, -0.1) is 0 Å². The maximum atomic E-state index is 13.9. The predicted molar refractivity (Wildman–Crippen MR) is 105 cm³/mol. The fourth-order valence-corrected chi connectivity index (χ4v) is 3.99. The molecular formula is C23H22F2N2O2. The molecule has 1 N–H and O–H groups in total. The van der Waals surface area contributed by atoms with Crippen LogP contribution < -0.4 is 5.32 Å². The number of carbonyl (C=O) groups excluding carboxylic acids is 1. The molecule has 29 heavy (non-hydrogen) atoms. The van der Waals surface area contributed by atoms with Crippen LogP contribution in [-0.2, 0) is 16.8 Å². The van der Waals surface area contributed by atoms with Gasteiger partial charge in [-0.1, -0.05) is 37.1 Å². The van der Waals surface area contributed by atoms with Gasteiger partial charge in [0.2, 0.25) is 5.91 Å². The van der Waals surface area contributed by atoms with Crippen LogP contribution in [0.2, 0.25) is 0 Å². The molecule has 0 unspecified atom stereocenters. The van der Waals surface area contributed by atoms with Crippen molar-refractivity contribution in [3.8, 4) is 11.3 Å². The zero-order valence-corrected chi connectivity index (χ0v) is 16.0. The van der Waals surface area contributed by atoms with E-state index in [0.29, 0.717) is 23.6 Å². The molecule has 2 aromatic carbocycles. The summed E-state index contributed by atoms with van der Waals surface area (Å²) in [7, 11) is 0. The maximum absolute atomic E-state index is 13.9. The largest absolute Gasteiger partial charge is 0.441 e. The molecule has 0 aliphatic heterocycles. The summed E-state index contributed by atoms with van der Waals surface area (Å²) in [5.74, 6) is -0.0437. The lowest BCUT2D eigenvalue weighted by Gasteiger charge is -2.31. The first-order valence-electron chi connectivity index (χ1n) is 9.82. The molecule has 1 fully saturated rings. The van der Waals surface area contributed by atoms with Crippen LogP contribution >= 0.6 is 0 Å². The minimum Gasteiger partial charge on any atom is -0.441 e. The standard InChI is InChI=1S/C23H22F2N2O2/c24-17-9-7-16(8-10-17)23(13-3-4-14-23)27-21(28)11-12-22-26-15-20(29-22)18-5-1-2-6-19(18)25/h1-2,5-10,15H,3-4,11-14H2,(H,27,28). The molecule has 4 rings (SSSR count). The van der Waals surface area contributed by atoms with Gasteiger partial charge < -0.3 is 9.73 Å². The van der Waals surface area contributed by atoms with E-state index in [9.17, 15) is 13.6 Å². The average Bonchev–Trinajstić information content (AvgIpc) is 3.38. The molecule has 0 radical (unpaired) electrons. The van der Waals surface area contributed by atoms with E-state index in [4.69, 9.17) is 4.42 Å². The van der Waals surface area contributed by atoms with Crippen molar-refractivity contribution < 1.29 is 18.0 Å². The summed E-state index contributed by atoms with van der Waals surface area (Å²) < 4.78 is 32.8. The summed E-state index contributed by atoms with van der Waals surface area (Å²) >= 11 is 0. The third-order valence-electron chi connectivity index (χ3n) is 5.49. The highest BCUT2D eigenvalue weighted by Crippen LogP contribution is 2.39. The second-order valence-corrected chi connectivity index (χ2v) is 7.44. The number of benzene rings is 2. The summed E-state index contributed by atoms with van der Waals surface area (Å²) in [4.78, 5) is 16.8. The number of nitrogens with zero attached hydrogens (tertiary/aromatic N) is 1. The van der Waals surface area contributed by atoms with E-state index in [0.717, 1.165) is 31.2 Å². The molecule has 0 bridgehead atoms. The minimum atomic E-state index is -0.445. The normalized spacial score (nSPS) is 15.4. The Kier molecular flexibility index (Phi) is 5.43. The number of nitrogens with one attached hydrogen (secondary N) is 1. The average molecular weight is 396 g/mol. The third-order valence-corrected chi connectivity index (χ3v) is 5.49. The van der Waals surface area contributed by atoms with Crippen LogP contribution in [0.1, 0.15) is 43.6 Å². The number of halogens is 2. The fraction of sp³-hybridized carbons (Fsp3) is 0.304. The molecule has 1 aliphatic carbocycles. The Hall–Kier alpha value is -3.02. The topological polar surface area (TPSA) is 55.1 Å². The van der Waals surface area contributed by atoms with Crippen molar-refractivity contribution in [1.29, 1.82) is 0 Å². The second-order valence-electron chi connectivity index (χ2n) is 7.44. The van der Waals surface area contributed by atoms with Gasteiger partial charge in [-0.25, -0.2) is 13.8 Å². The van der Waals surface area contributed by atoms with Gasteiger partial charge in [-0.2, -0.15) is 0 Å². The molecule has 6 heteroatoms. The summed E-state index contributed by atoms with van der Waals surface area (Å²) in [5.41, 5.74) is 0.833. The molecule has 4 nitrogen and oxygen atoms in total. The van der Waals surface area contributed by atoms with Crippen LogP contribution in [0.5, 0.6) is 0 Å². The molecule has 0 atom stereocenters. The number of oxazole rings is 1. The van der Waals surface area contributed by atoms with Crippen molar-refractivity contribution in [3.05, 3.63) is 77.8 Å². The SMILES string of the molecule is O=C(CCc1ncc(-c2ccccc2F)o1)NC1(c2ccc(F)cc2)CCCC1. The Balaban J connectivity index is 1.41. The lowest BCUT2D eigenvalue weighted by molar-refractivity contribution is -0.123. The zero-order valence-electron chi connectivity index (χ0n) is 16.0. The minimum absolute atomic E-state index is 0.109. The quantitative estimate of drug-likeness (QED) is 0.628. The van der Waals surface area contributed by atoms with Crippen molar-refractivity contribution in [2.24, 2.45) is 0 Å². The smallest absolute Gasteiger partial charge is 0.221 e. The number of aryl methyl sites for hydroxylation is 1. The Labute approximate surface area is 168 Å². The first kappa shape index (κ1) is 19.3. The lowest BCUT2D eigenvalue weighted by atomic mass is 9.88. The van der Waals surface area contributed by atoms with Gasteiger partial charge in [0.25, 0.3) is 0 Å². The van der Waals surface area contributed by atoms with Gasteiger partial charge in [0.05, 0.1) is 17.3 Å². The van der Waals surface area contributed by atoms with Gasteiger partial charge in [0.1, 0.15) is 11.6 Å². The van der Waals surface area contributed by atoms with E-state index in [1.807, 2.05) is 0 Å². The summed E-state index contributed by atoms with van der Waals surface area (Å²) in [6, 6.07) is 12.7. The number of rotatable bonds is 6. The number of carbonyl (C=O) groups is 1. The number of hydrogen-bond donors (Lipinski definition) is 1. The molecule has 0 spiro atoms. The molecular weight excluding hydrogens is 374 g/mol. The van der Waals surface area contributed by atoms with E-state index in [-0.39, 0.29) is 24.0 Å². The number of amides is 1. The molecule has 1 saturated carbocycles. The molecule has 1 amide bonds. The van der Waals surface area contributed by atoms with Crippen LogP contribution in [0.25, 0.3) is 11.3 Å². The van der Waals surface area contributed by atoms with E-state index in [1.165, 1.54) is 24.4 Å². The molecule has 1 heterocycles. The van der Waals surface area contributed by atoms with Crippen molar-refractivity contribution in [3.63, 3.8) is 0 Å². The molecule has 150 valence electrons. The van der Waals surface area contributed by atoms with Crippen LogP contribution in [0.4, 0.5) is 8.78 Å². The van der Waals surface area contributed by atoms with Crippen molar-refractivity contribution in [1.82, 2.24) is 10.3 Å². The highest BCUT2D eigenvalue weighted by molar-refractivity contribution is 5.77. The van der Waals surface area contributed by atoms with Crippen molar-refractivity contribution >= 4 is 5.91 Å². The second kappa shape index (κ2) is 8.15. The Morgan fingerprint density at radius 1 is 1.07 bits per heavy atom. The third kappa shape index (κ3) is 4.21. The monoisotopic (exact) mass is 396 g/mol. The lowest BCUT2D eigenvalue weighted by Crippen LogP contribution is -2.43. The molecule has 1 aliphatic rings. The fourth-order valence-electron chi connectivity index (χ4n) is 3.99. The first-order valence-corrected chi connectivity index (χ1v) is 9.82. The van der Waals surface area contributed by atoms with E-state index in [1.54, 1.807) is 30.3 Å². The molecule has 3 aromatic rings. The van der Waals surface area contributed by atoms with E-state index < -0.39 is 5.54 Å². The van der Waals surface area contributed by atoms with Crippen molar-refractivity contribution in [2.75, 3.05) is 0 Å². The van der Waals surface area contributed by atoms with Crippen LogP contribution in [-0.4, -0.2) is 10.9 Å². The Morgan fingerprint density at radius 2 is 1.79 bits per heavy atom. The van der Waals surface area contributed by atoms with Crippen LogP contribution in [0.15, 0.2) is 59.1 Å². The van der Waals surface area contributed by atoms with Gasteiger partial charge in [0, 0.05) is 12.8 Å². The van der Waals surface area contributed by atoms with Gasteiger partial charge in [-0.05, 0) is 42.7 Å². The Bertz CT molecular complexity index is 992. The van der Waals surface area contributed by atoms with Gasteiger partial charge >= 0.3 is 0 Å². The predicted octanol–water partition coefficient (Wildman–Crippen LogP) is 5.14. The van der Waals surface area contributed by atoms with Crippen LogP contribution in [0, 0.1) is 11.6 Å². The Morgan fingerprint density at radius 3 is 2.52 bits per heavy atom. The highest BCUT2D eigenvalue weighted by atomic mass is 19.1. The van der Waals surface area contributed by atoms with E-state index in [2.05, 4.69) is 10.3 Å². The maximum Gasteiger partial charge on any atom is 0.221 e.